The standard InChI is InChI=1S/C15H13N3O2/c1-9(10-4-2-3-5-13(10)16)18-14(19)11-6-7-17-8-12(11)15(18)20/h2-9H,16H2,1H3. The van der Waals surface area contributed by atoms with E-state index in [4.69, 9.17) is 5.73 Å². The van der Waals surface area contributed by atoms with Crippen molar-refractivity contribution in [2.24, 2.45) is 0 Å². The van der Waals surface area contributed by atoms with Gasteiger partial charge in [0.05, 0.1) is 17.2 Å². The Labute approximate surface area is 116 Å². The highest BCUT2D eigenvalue weighted by Gasteiger charge is 2.39. The van der Waals surface area contributed by atoms with Crippen molar-refractivity contribution in [3.8, 4) is 0 Å². The van der Waals surface area contributed by atoms with Gasteiger partial charge in [0.1, 0.15) is 0 Å². The van der Waals surface area contributed by atoms with Crippen LogP contribution >= 0.6 is 0 Å². The zero-order valence-electron chi connectivity index (χ0n) is 10.9. The van der Waals surface area contributed by atoms with Crippen molar-refractivity contribution >= 4 is 17.5 Å². The maximum atomic E-state index is 12.4. The zero-order chi connectivity index (χ0) is 14.3. The summed E-state index contributed by atoms with van der Waals surface area (Å²) in [5.41, 5.74) is 7.99. The summed E-state index contributed by atoms with van der Waals surface area (Å²) >= 11 is 0. The number of para-hydroxylation sites is 1. The Balaban J connectivity index is 2.03. The average Bonchev–Trinajstić information content (AvgIpc) is 2.71. The first-order chi connectivity index (χ1) is 9.61. The van der Waals surface area contributed by atoms with Gasteiger partial charge in [-0.2, -0.15) is 0 Å². The van der Waals surface area contributed by atoms with Crippen LogP contribution < -0.4 is 5.73 Å². The van der Waals surface area contributed by atoms with Crippen LogP contribution in [0.3, 0.4) is 0 Å². The molecule has 1 atom stereocenters. The lowest BCUT2D eigenvalue weighted by atomic mass is 10.1. The number of nitrogen functional groups attached to an aromatic ring is 1. The van der Waals surface area contributed by atoms with Gasteiger partial charge in [-0.1, -0.05) is 18.2 Å². The van der Waals surface area contributed by atoms with Crippen LogP contribution in [0.4, 0.5) is 5.69 Å². The molecule has 100 valence electrons. The summed E-state index contributed by atoms with van der Waals surface area (Å²) < 4.78 is 0. The Morgan fingerprint density at radius 1 is 1.10 bits per heavy atom. The molecule has 0 spiro atoms. The number of anilines is 1. The lowest BCUT2D eigenvalue weighted by Gasteiger charge is -2.23. The first-order valence-electron chi connectivity index (χ1n) is 6.27. The van der Waals surface area contributed by atoms with Crippen LogP contribution in [0.25, 0.3) is 0 Å². The molecule has 1 aromatic heterocycles. The normalized spacial score (nSPS) is 15.3. The zero-order valence-corrected chi connectivity index (χ0v) is 10.9. The van der Waals surface area contributed by atoms with Crippen LogP contribution in [0.2, 0.25) is 0 Å². The molecule has 3 rings (SSSR count). The summed E-state index contributed by atoms with van der Waals surface area (Å²) in [7, 11) is 0. The Bertz CT molecular complexity index is 677. The van der Waals surface area contributed by atoms with E-state index in [1.807, 2.05) is 18.2 Å². The van der Waals surface area contributed by atoms with E-state index in [0.29, 0.717) is 16.8 Å². The van der Waals surface area contributed by atoms with Crippen molar-refractivity contribution in [1.82, 2.24) is 9.88 Å². The summed E-state index contributed by atoms with van der Waals surface area (Å²) in [6.07, 6.45) is 2.94. The topological polar surface area (TPSA) is 76.3 Å². The molecule has 1 aliphatic heterocycles. The molecule has 2 heterocycles. The molecule has 0 fully saturated rings. The molecule has 1 unspecified atom stereocenters. The number of nitrogens with two attached hydrogens (primary N) is 1. The van der Waals surface area contributed by atoms with E-state index < -0.39 is 6.04 Å². The molecule has 1 aromatic carbocycles. The Morgan fingerprint density at radius 3 is 2.50 bits per heavy atom. The van der Waals surface area contributed by atoms with Crippen molar-refractivity contribution < 1.29 is 9.59 Å². The average molecular weight is 267 g/mol. The molecule has 5 nitrogen and oxygen atoms in total. The van der Waals surface area contributed by atoms with Gasteiger partial charge in [0.2, 0.25) is 0 Å². The summed E-state index contributed by atoms with van der Waals surface area (Å²) in [5.74, 6) is -0.628. The maximum Gasteiger partial charge on any atom is 0.263 e. The quantitative estimate of drug-likeness (QED) is 0.667. The summed E-state index contributed by atoms with van der Waals surface area (Å²) in [4.78, 5) is 29.9. The van der Waals surface area contributed by atoms with Crippen LogP contribution in [0.15, 0.2) is 42.7 Å². The van der Waals surface area contributed by atoms with E-state index in [1.54, 1.807) is 19.1 Å². The van der Waals surface area contributed by atoms with Crippen molar-refractivity contribution in [3.63, 3.8) is 0 Å². The molecule has 0 aliphatic carbocycles. The highest BCUT2D eigenvalue weighted by molar-refractivity contribution is 6.21. The molecule has 2 amide bonds. The molecule has 0 radical (unpaired) electrons. The van der Waals surface area contributed by atoms with Gasteiger partial charge in [-0.15, -0.1) is 0 Å². The monoisotopic (exact) mass is 267 g/mol. The van der Waals surface area contributed by atoms with Gasteiger partial charge in [-0.3, -0.25) is 19.5 Å². The second-order valence-corrected chi connectivity index (χ2v) is 4.71. The second-order valence-electron chi connectivity index (χ2n) is 4.71. The molecule has 2 aromatic rings. The van der Waals surface area contributed by atoms with Crippen molar-refractivity contribution in [3.05, 3.63) is 59.4 Å². The van der Waals surface area contributed by atoms with Crippen LogP contribution in [0.5, 0.6) is 0 Å². The number of pyridine rings is 1. The lowest BCUT2D eigenvalue weighted by Crippen LogP contribution is -2.32. The number of hydrogen-bond acceptors (Lipinski definition) is 4. The van der Waals surface area contributed by atoms with Gasteiger partial charge in [-0.05, 0) is 24.6 Å². The predicted molar refractivity (Wildman–Crippen MR) is 74.0 cm³/mol. The van der Waals surface area contributed by atoms with Crippen LogP contribution in [-0.4, -0.2) is 21.7 Å². The molecule has 2 N–H and O–H groups in total. The number of carbonyl (C=O) groups excluding carboxylic acids is 2. The van der Waals surface area contributed by atoms with Gasteiger partial charge in [0, 0.05) is 18.1 Å². The first kappa shape index (κ1) is 12.3. The highest BCUT2D eigenvalue weighted by Crippen LogP contribution is 2.32. The van der Waals surface area contributed by atoms with E-state index in [1.165, 1.54) is 17.3 Å². The van der Waals surface area contributed by atoms with Crippen molar-refractivity contribution in [2.75, 3.05) is 5.73 Å². The van der Waals surface area contributed by atoms with E-state index in [2.05, 4.69) is 4.98 Å². The van der Waals surface area contributed by atoms with E-state index >= 15 is 0 Å². The van der Waals surface area contributed by atoms with Crippen LogP contribution in [-0.2, 0) is 0 Å². The number of imide groups is 1. The molecule has 5 heteroatoms. The van der Waals surface area contributed by atoms with Crippen molar-refractivity contribution in [1.29, 1.82) is 0 Å². The number of amides is 2. The van der Waals surface area contributed by atoms with Crippen molar-refractivity contribution in [2.45, 2.75) is 13.0 Å². The third-order valence-corrected chi connectivity index (χ3v) is 3.55. The molecule has 0 bridgehead atoms. The molecule has 0 saturated carbocycles. The van der Waals surface area contributed by atoms with Gasteiger partial charge >= 0.3 is 0 Å². The van der Waals surface area contributed by atoms with Crippen LogP contribution in [0.1, 0.15) is 39.2 Å². The summed E-state index contributed by atoms with van der Waals surface area (Å²) in [6.45, 7) is 1.79. The minimum Gasteiger partial charge on any atom is -0.398 e. The fourth-order valence-corrected chi connectivity index (χ4v) is 2.49. The Kier molecular flexibility index (Phi) is 2.75. The smallest absolute Gasteiger partial charge is 0.263 e. The van der Waals surface area contributed by atoms with E-state index in [-0.39, 0.29) is 11.8 Å². The number of hydrogen-bond donors (Lipinski definition) is 1. The Hall–Kier alpha value is -2.69. The summed E-state index contributed by atoms with van der Waals surface area (Å²) in [6, 6.07) is 8.38. The van der Waals surface area contributed by atoms with E-state index in [9.17, 15) is 9.59 Å². The third kappa shape index (κ3) is 1.67. The number of fused-ring (bicyclic) bond motifs is 1. The highest BCUT2D eigenvalue weighted by atomic mass is 16.2. The predicted octanol–water partition coefficient (Wildman–Crippen LogP) is 2.02. The minimum atomic E-state index is -0.413. The molecular formula is C15H13N3O2. The molecular weight excluding hydrogens is 254 g/mol. The number of aromatic nitrogens is 1. The number of benzene rings is 1. The first-order valence-corrected chi connectivity index (χ1v) is 6.27. The fourth-order valence-electron chi connectivity index (χ4n) is 2.49. The largest absolute Gasteiger partial charge is 0.398 e. The Morgan fingerprint density at radius 2 is 1.80 bits per heavy atom. The fraction of sp³-hybridized carbons (Fsp3) is 0.133. The second kappa shape index (κ2) is 4.45. The SMILES string of the molecule is CC(c1ccccc1N)N1C(=O)c2ccncc2C1=O. The number of carbonyl (C=O) groups is 2. The molecule has 0 saturated heterocycles. The van der Waals surface area contributed by atoms with Gasteiger partial charge in [-0.25, -0.2) is 0 Å². The molecule has 1 aliphatic rings. The van der Waals surface area contributed by atoms with Gasteiger partial charge in [0.15, 0.2) is 0 Å². The number of nitrogens with zero attached hydrogens (tertiary/aromatic N) is 2. The third-order valence-electron chi connectivity index (χ3n) is 3.55. The lowest BCUT2D eigenvalue weighted by molar-refractivity contribution is 0.0596. The van der Waals surface area contributed by atoms with Crippen LogP contribution in [0, 0.1) is 0 Å². The van der Waals surface area contributed by atoms with Gasteiger partial charge < -0.3 is 5.73 Å². The minimum absolute atomic E-state index is 0.303. The summed E-state index contributed by atoms with van der Waals surface area (Å²) in [5, 5.41) is 0. The number of rotatable bonds is 2. The van der Waals surface area contributed by atoms with Gasteiger partial charge in [0.25, 0.3) is 11.8 Å². The van der Waals surface area contributed by atoms with E-state index in [0.717, 1.165) is 5.56 Å². The molecule has 20 heavy (non-hydrogen) atoms. The maximum absolute atomic E-state index is 12.4.